The number of aromatic nitrogens is 4. The topological polar surface area (TPSA) is 66.7 Å². The monoisotopic (exact) mass is 282 g/mol. The molecule has 2 heterocycles. The Bertz CT molecular complexity index is 768. The van der Waals surface area contributed by atoms with Crippen molar-refractivity contribution in [3.8, 4) is 17.1 Å². The highest BCUT2D eigenvalue weighted by molar-refractivity contribution is 5.77. The van der Waals surface area contributed by atoms with Gasteiger partial charge in [0.1, 0.15) is 17.1 Å². The van der Waals surface area contributed by atoms with E-state index in [1.165, 1.54) is 32.1 Å². The first-order chi connectivity index (χ1) is 10.3. The van der Waals surface area contributed by atoms with Gasteiger partial charge in [-0.3, -0.25) is 0 Å². The lowest BCUT2D eigenvalue weighted by atomic mass is 9.96. The maximum Gasteiger partial charge on any atom is 0.177 e. The summed E-state index contributed by atoms with van der Waals surface area (Å²) < 4.78 is 2.05. The van der Waals surface area contributed by atoms with E-state index in [0.717, 1.165) is 16.7 Å². The lowest BCUT2D eigenvalue weighted by Gasteiger charge is -2.21. The van der Waals surface area contributed by atoms with Crippen LogP contribution < -0.4 is 0 Å². The fraction of sp³-hybridized carbons (Fsp3) is 0.375. The van der Waals surface area contributed by atoms with Crippen molar-refractivity contribution in [1.82, 2.24) is 19.7 Å². The Morgan fingerprint density at radius 2 is 1.95 bits per heavy atom. The third-order valence-electron chi connectivity index (χ3n) is 4.32. The Morgan fingerprint density at radius 3 is 2.76 bits per heavy atom. The predicted molar refractivity (Wildman–Crippen MR) is 81.1 cm³/mol. The molecule has 1 fully saturated rings. The summed E-state index contributed by atoms with van der Waals surface area (Å²) in [6.45, 7) is 0. The predicted octanol–water partition coefficient (Wildman–Crippen LogP) is 3.64. The van der Waals surface area contributed by atoms with Crippen molar-refractivity contribution < 1.29 is 5.11 Å². The standard InChI is InChI=1S/C16H18N4O/c21-14-9-5-4-8-12(14)15-18-13-10-17-20(16(13)19-15)11-6-2-1-3-7-11/h4-5,8-11,21H,1-3,6-7H2,(H,18,19). The van der Waals surface area contributed by atoms with Crippen molar-refractivity contribution >= 4 is 11.2 Å². The summed E-state index contributed by atoms with van der Waals surface area (Å²) in [6, 6.07) is 7.71. The number of hydrogen-bond acceptors (Lipinski definition) is 3. The molecule has 1 saturated carbocycles. The average molecular weight is 282 g/mol. The van der Waals surface area contributed by atoms with E-state index in [4.69, 9.17) is 0 Å². The Labute approximate surface area is 122 Å². The van der Waals surface area contributed by atoms with Gasteiger partial charge in [-0.1, -0.05) is 31.4 Å². The minimum absolute atomic E-state index is 0.242. The molecule has 0 spiro atoms. The fourth-order valence-electron chi connectivity index (χ4n) is 3.21. The summed E-state index contributed by atoms with van der Waals surface area (Å²) in [7, 11) is 0. The summed E-state index contributed by atoms with van der Waals surface area (Å²) in [5, 5.41) is 14.5. The van der Waals surface area contributed by atoms with Gasteiger partial charge in [-0.05, 0) is 25.0 Å². The number of hydrogen-bond donors (Lipinski definition) is 2. The van der Waals surface area contributed by atoms with Crippen LogP contribution in [-0.2, 0) is 0 Å². The van der Waals surface area contributed by atoms with Crippen molar-refractivity contribution in [2.24, 2.45) is 0 Å². The molecule has 0 saturated heterocycles. The van der Waals surface area contributed by atoms with Gasteiger partial charge in [0.15, 0.2) is 5.65 Å². The van der Waals surface area contributed by atoms with E-state index in [0.29, 0.717) is 11.9 Å². The minimum atomic E-state index is 0.242. The van der Waals surface area contributed by atoms with Crippen molar-refractivity contribution in [3.05, 3.63) is 30.5 Å². The molecule has 108 valence electrons. The van der Waals surface area contributed by atoms with E-state index in [1.807, 2.05) is 24.4 Å². The van der Waals surface area contributed by atoms with Gasteiger partial charge >= 0.3 is 0 Å². The number of aromatic hydroxyl groups is 1. The quantitative estimate of drug-likeness (QED) is 0.754. The molecule has 1 aliphatic rings. The molecule has 0 radical (unpaired) electrons. The van der Waals surface area contributed by atoms with Gasteiger partial charge in [0.25, 0.3) is 0 Å². The van der Waals surface area contributed by atoms with E-state index in [1.54, 1.807) is 6.07 Å². The molecule has 0 bridgehead atoms. The summed E-state index contributed by atoms with van der Waals surface area (Å²) in [6.07, 6.45) is 8.04. The molecule has 1 aromatic carbocycles. The van der Waals surface area contributed by atoms with Gasteiger partial charge in [-0.15, -0.1) is 0 Å². The number of nitrogens with one attached hydrogen (secondary N) is 1. The summed E-state index contributed by atoms with van der Waals surface area (Å²) in [4.78, 5) is 7.92. The zero-order valence-corrected chi connectivity index (χ0v) is 11.8. The Morgan fingerprint density at radius 1 is 1.14 bits per heavy atom. The third-order valence-corrected chi connectivity index (χ3v) is 4.32. The van der Waals surface area contributed by atoms with E-state index in [9.17, 15) is 5.11 Å². The highest BCUT2D eigenvalue weighted by Gasteiger charge is 2.20. The molecule has 5 nitrogen and oxygen atoms in total. The zero-order valence-electron chi connectivity index (χ0n) is 11.8. The Balaban J connectivity index is 1.77. The van der Waals surface area contributed by atoms with E-state index in [-0.39, 0.29) is 5.75 Å². The zero-order chi connectivity index (χ0) is 14.2. The van der Waals surface area contributed by atoms with Crippen molar-refractivity contribution in [2.75, 3.05) is 0 Å². The molecule has 2 N–H and O–H groups in total. The molecular formula is C16H18N4O. The van der Waals surface area contributed by atoms with E-state index >= 15 is 0 Å². The number of benzene rings is 1. The number of fused-ring (bicyclic) bond motifs is 1. The fourth-order valence-corrected chi connectivity index (χ4v) is 3.21. The molecule has 0 atom stereocenters. The van der Waals surface area contributed by atoms with Crippen LogP contribution in [0.4, 0.5) is 0 Å². The van der Waals surface area contributed by atoms with Crippen LogP contribution in [0.25, 0.3) is 22.6 Å². The number of phenolic OH excluding ortho intramolecular Hbond substituents is 1. The largest absolute Gasteiger partial charge is 0.507 e. The average Bonchev–Trinajstić information content (AvgIpc) is 3.08. The lowest BCUT2D eigenvalue weighted by Crippen LogP contribution is -2.14. The van der Waals surface area contributed by atoms with Gasteiger partial charge in [-0.25, -0.2) is 9.67 Å². The highest BCUT2D eigenvalue weighted by atomic mass is 16.3. The van der Waals surface area contributed by atoms with Crippen LogP contribution in [0.3, 0.4) is 0 Å². The number of imidazole rings is 1. The Hall–Kier alpha value is -2.30. The number of rotatable bonds is 2. The molecule has 5 heteroatoms. The van der Waals surface area contributed by atoms with Gasteiger partial charge in [-0.2, -0.15) is 5.10 Å². The number of para-hydroxylation sites is 1. The molecule has 0 amide bonds. The van der Waals surface area contributed by atoms with E-state index in [2.05, 4.69) is 19.7 Å². The summed E-state index contributed by atoms with van der Waals surface area (Å²) in [5.41, 5.74) is 2.54. The molecule has 1 aliphatic carbocycles. The molecular weight excluding hydrogens is 264 g/mol. The normalized spacial score (nSPS) is 16.6. The van der Waals surface area contributed by atoms with Crippen LogP contribution in [0, 0.1) is 0 Å². The third kappa shape index (κ3) is 2.09. The van der Waals surface area contributed by atoms with Crippen molar-refractivity contribution in [1.29, 1.82) is 0 Å². The molecule has 0 unspecified atom stereocenters. The molecule has 0 aliphatic heterocycles. The highest BCUT2D eigenvalue weighted by Crippen LogP contribution is 2.32. The summed E-state index contributed by atoms with van der Waals surface area (Å²) in [5.74, 6) is 0.941. The van der Waals surface area contributed by atoms with Gasteiger partial charge < -0.3 is 10.1 Å². The number of phenols is 1. The second kappa shape index (κ2) is 4.91. The lowest BCUT2D eigenvalue weighted by molar-refractivity contribution is 0.336. The first-order valence-corrected chi connectivity index (χ1v) is 7.54. The van der Waals surface area contributed by atoms with Crippen molar-refractivity contribution in [2.45, 2.75) is 38.1 Å². The maximum atomic E-state index is 9.96. The number of nitrogens with zero attached hydrogens (tertiary/aromatic N) is 3. The number of H-pyrrole nitrogens is 1. The molecule has 3 aromatic rings. The molecule has 4 rings (SSSR count). The van der Waals surface area contributed by atoms with Gasteiger partial charge in [0.2, 0.25) is 0 Å². The van der Waals surface area contributed by atoms with Crippen LogP contribution in [0.5, 0.6) is 5.75 Å². The first kappa shape index (κ1) is 12.4. The van der Waals surface area contributed by atoms with Crippen LogP contribution >= 0.6 is 0 Å². The maximum absolute atomic E-state index is 9.96. The molecule has 2 aromatic heterocycles. The minimum Gasteiger partial charge on any atom is -0.507 e. The second-order valence-corrected chi connectivity index (χ2v) is 5.72. The van der Waals surface area contributed by atoms with Crippen LogP contribution in [0.1, 0.15) is 38.1 Å². The van der Waals surface area contributed by atoms with Crippen LogP contribution in [-0.4, -0.2) is 24.9 Å². The molecule has 21 heavy (non-hydrogen) atoms. The van der Waals surface area contributed by atoms with E-state index < -0.39 is 0 Å². The van der Waals surface area contributed by atoms with Crippen LogP contribution in [0.15, 0.2) is 30.5 Å². The number of aromatic amines is 1. The van der Waals surface area contributed by atoms with Gasteiger partial charge in [0.05, 0.1) is 17.8 Å². The Kier molecular flexibility index (Phi) is 2.91. The van der Waals surface area contributed by atoms with Gasteiger partial charge in [0, 0.05) is 0 Å². The van der Waals surface area contributed by atoms with Crippen LogP contribution in [0.2, 0.25) is 0 Å². The van der Waals surface area contributed by atoms with Crippen molar-refractivity contribution in [3.63, 3.8) is 0 Å². The SMILES string of the molecule is Oc1ccccc1-c1nc2c(cnn2C2CCCCC2)[nH]1. The smallest absolute Gasteiger partial charge is 0.177 e. The summed E-state index contributed by atoms with van der Waals surface area (Å²) >= 11 is 0. The second-order valence-electron chi connectivity index (χ2n) is 5.72. The first-order valence-electron chi connectivity index (χ1n) is 7.54.